The summed E-state index contributed by atoms with van der Waals surface area (Å²) < 4.78 is 8.42. The van der Waals surface area contributed by atoms with Crippen LogP contribution in [0.4, 0.5) is 0 Å². The highest BCUT2D eigenvalue weighted by Gasteiger charge is 2.10. The lowest BCUT2D eigenvalue weighted by Crippen LogP contribution is -2.25. The molecule has 1 heterocycles. The highest BCUT2D eigenvalue weighted by Crippen LogP contribution is 2.19. The number of imidazole rings is 1. The molecule has 2 aromatic rings. The molecule has 0 unspecified atom stereocenters. The second kappa shape index (κ2) is 4.02. The molecule has 0 aliphatic carbocycles. The van der Waals surface area contributed by atoms with Gasteiger partial charge in [0.15, 0.2) is 0 Å². The van der Waals surface area contributed by atoms with Crippen LogP contribution >= 0.6 is 0 Å². The number of nitrogens with zero attached hydrogens (tertiary/aromatic N) is 2. The summed E-state index contributed by atoms with van der Waals surface area (Å²) in [6.45, 7) is 0.980. The van der Waals surface area contributed by atoms with E-state index in [1.807, 2.05) is 18.2 Å². The van der Waals surface area contributed by atoms with Gasteiger partial charge in [-0.1, -0.05) is 0 Å². The molecule has 0 amide bonds. The molecule has 0 aliphatic heterocycles. The van der Waals surface area contributed by atoms with E-state index in [1.165, 1.54) is 0 Å². The molecule has 0 aliphatic rings. The van der Waals surface area contributed by atoms with Crippen molar-refractivity contribution in [1.29, 1.82) is 0 Å². The minimum Gasteiger partial charge on any atom is -0.497 e. The van der Waals surface area contributed by atoms with Gasteiger partial charge < -0.3 is 10.5 Å². The molecule has 0 fully saturated rings. The third-order valence-electron chi connectivity index (χ3n) is 2.71. The van der Waals surface area contributed by atoms with Crippen molar-refractivity contribution in [3.8, 4) is 5.75 Å². The van der Waals surface area contributed by atoms with E-state index < -0.39 is 0 Å². The van der Waals surface area contributed by atoms with Gasteiger partial charge in [-0.25, -0.2) is 4.79 Å². The summed E-state index contributed by atoms with van der Waals surface area (Å²) >= 11 is 0. The topological polar surface area (TPSA) is 62.2 Å². The van der Waals surface area contributed by atoms with Gasteiger partial charge in [0.25, 0.3) is 0 Å². The first-order valence-corrected chi connectivity index (χ1v) is 5.12. The Morgan fingerprint density at radius 2 is 2.12 bits per heavy atom. The fourth-order valence-electron chi connectivity index (χ4n) is 1.86. The second-order valence-electron chi connectivity index (χ2n) is 3.64. The van der Waals surface area contributed by atoms with Gasteiger partial charge in [-0.15, -0.1) is 0 Å². The largest absolute Gasteiger partial charge is 0.497 e. The van der Waals surface area contributed by atoms with Gasteiger partial charge in [0.05, 0.1) is 18.1 Å². The molecule has 5 heteroatoms. The zero-order chi connectivity index (χ0) is 11.7. The van der Waals surface area contributed by atoms with Gasteiger partial charge in [-0.05, 0) is 12.1 Å². The van der Waals surface area contributed by atoms with Crippen molar-refractivity contribution in [2.75, 3.05) is 13.7 Å². The summed E-state index contributed by atoms with van der Waals surface area (Å²) in [4.78, 5) is 11.9. The van der Waals surface area contributed by atoms with Crippen molar-refractivity contribution in [3.63, 3.8) is 0 Å². The molecule has 0 radical (unpaired) electrons. The van der Waals surface area contributed by atoms with Crippen LogP contribution in [0.15, 0.2) is 23.0 Å². The van der Waals surface area contributed by atoms with Crippen molar-refractivity contribution < 1.29 is 4.74 Å². The van der Waals surface area contributed by atoms with E-state index >= 15 is 0 Å². The van der Waals surface area contributed by atoms with Crippen LogP contribution in [0.25, 0.3) is 11.0 Å². The average Bonchev–Trinajstić information content (AvgIpc) is 2.54. The van der Waals surface area contributed by atoms with Crippen LogP contribution < -0.4 is 16.2 Å². The number of benzene rings is 1. The lowest BCUT2D eigenvalue weighted by molar-refractivity contribution is 0.415. The maximum Gasteiger partial charge on any atom is 0.328 e. The highest BCUT2D eigenvalue weighted by atomic mass is 16.5. The van der Waals surface area contributed by atoms with Crippen molar-refractivity contribution in [3.05, 3.63) is 28.7 Å². The maximum absolute atomic E-state index is 11.9. The van der Waals surface area contributed by atoms with E-state index in [4.69, 9.17) is 10.5 Å². The van der Waals surface area contributed by atoms with Gasteiger partial charge >= 0.3 is 5.69 Å². The molecule has 0 bridgehead atoms. The molecule has 0 spiro atoms. The summed E-state index contributed by atoms with van der Waals surface area (Å²) in [7, 11) is 3.35. The summed E-state index contributed by atoms with van der Waals surface area (Å²) in [5.74, 6) is 0.744. The quantitative estimate of drug-likeness (QED) is 0.811. The number of rotatable bonds is 3. The van der Waals surface area contributed by atoms with Crippen LogP contribution in [0.3, 0.4) is 0 Å². The van der Waals surface area contributed by atoms with Crippen LogP contribution in [-0.2, 0) is 13.6 Å². The van der Waals surface area contributed by atoms with Crippen LogP contribution in [0.2, 0.25) is 0 Å². The van der Waals surface area contributed by atoms with Gasteiger partial charge in [0.2, 0.25) is 0 Å². The molecule has 1 aromatic carbocycles. The Bertz CT molecular complexity index is 568. The average molecular weight is 221 g/mol. The van der Waals surface area contributed by atoms with E-state index in [-0.39, 0.29) is 5.69 Å². The predicted octanol–water partition coefficient (Wildman–Crippen LogP) is 0.307. The number of aromatic nitrogens is 2. The number of nitrogens with two attached hydrogens (primary N) is 1. The van der Waals surface area contributed by atoms with E-state index in [1.54, 1.807) is 23.3 Å². The molecule has 0 saturated carbocycles. The molecule has 2 rings (SSSR count). The number of methoxy groups -OCH3 is 1. The van der Waals surface area contributed by atoms with E-state index in [0.29, 0.717) is 13.1 Å². The van der Waals surface area contributed by atoms with Gasteiger partial charge in [0.1, 0.15) is 5.75 Å². The molecule has 5 nitrogen and oxygen atoms in total. The van der Waals surface area contributed by atoms with Gasteiger partial charge in [0, 0.05) is 26.2 Å². The summed E-state index contributed by atoms with van der Waals surface area (Å²) in [5.41, 5.74) is 7.19. The second-order valence-corrected chi connectivity index (χ2v) is 3.64. The lowest BCUT2D eigenvalue weighted by atomic mass is 10.3. The van der Waals surface area contributed by atoms with Crippen LogP contribution in [0.5, 0.6) is 5.75 Å². The fourth-order valence-corrected chi connectivity index (χ4v) is 1.86. The Labute approximate surface area is 93.0 Å². The van der Waals surface area contributed by atoms with Crippen molar-refractivity contribution in [2.45, 2.75) is 6.54 Å². The minimum absolute atomic E-state index is 0.0475. The summed E-state index contributed by atoms with van der Waals surface area (Å²) in [6, 6.07) is 5.57. The van der Waals surface area contributed by atoms with Crippen molar-refractivity contribution >= 4 is 11.0 Å². The molecule has 86 valence electrons. The minimum atomic E-state index is -0.0475. The molecule has 0 saturated heterocycles. The zero-order valence-corrected chi connectivity index (χ0v) is 9.43. The smallest absolute Gasteiger partial charge is 0.328 e. The maximum atomic E-state index is 11.9. The number of ether oxygens (including phenoxy) is 1. The van der Waals surface area contributed by atoms with E-state index in [2.05, 4.69) is 0 Å². The third kappa shape index (κ3) is 1.49. The monoisotopic (exact) mass is 221 g/mol. The number of fused-ring (bicyclic) bond motifs is 1. The Hall–Kier alpha value is -1.75. The number of hydrogen-bond donors (Lipinski definition) is 1. The lowest BCUT2D eigenvalue weighted by Gasteiger charge is -2.01. The molecule has 16 heavy (non-hydrogen) atoms. The van der Waals surface area contributed by atoms with Crippen molar-refractivity contribution in [2.24, 2.45) is 12.8 Å². The summed E-state index contributed by atoms with van der Waals surface area (Å²) in [5, 5.41) is 0. The number of aryl methyl sites for hydroxylation is 1. The Morgan fingerprint density at radius 1 is 1.38 bits per heavy atom. The van der Waals surface area contributed by atoms with E-state index in [9.17, 15) is 4.79 Å². The number of hydrogen-bond acceptors (Lipinski definition) is 3. The Kier molecular flexibility index (Phi) is 2.70. The SMILES string of the molecule is COc1ccc2c(c1)n(C)c(=O)n2CCN. The normalized spacial score (nSPS) is 10.9. The first-order valence-electron chi connectivity index (χ1n) is 5.12. The molecule has 1 aromatic heterocycles. The fraction of sp³-hybridized carbons (Fsp3) is 0.364. The first-order chi connectivity index (χ1) is 7.69. The standard InChI is InChI=1S/C11H15N3O2/c1-13-10-7-8(16-2)3-4-9(10)14(6-5-12)11(13)15/h3-4,7H,5-6,12H2,1-2H3. The van der Waals surface area contributed by atoms with Crippen LogP contribution in [0, 0.1) is 0 Å². The van der Waals surface area contributed by atoms with Gasteiger partial charge in [-0.2, -0.15) is 0 Å². The third-order valence-corrected chi connectivity index (χ3v) is 2.71. The van der Waals surface area contributed by atoms with Crippen LogP contribution in [-0.4, -0.2) is 22.8 Å². The Balaban J connectivity index is 2.74. The Morgan fingerprint density at radius 3 is 2.75 bits per heavy atom. The first kappa shape index (κ1) is 10.8. The molecular formula is C11H15N3O2. The van der Waals surface area contributed by atoms with Crippen molar-refractivity contribution in [1.82, 2.24) is 9.13 Å². The van der Waals surface area contributed by atoms with Gasteiger partial charge in [-0.3, -0.25) is 9.13 Å². The van der Waals surface area contributed by atoms with Crippen LogP contribution in [0.1, 0.15) is 0 Å². The predicted molar refractivity (Wildman–Crippen MR) is 62.8 cm³/mol. The summed E-state index contributed by atoms with van der Waals surface area (Å²) in [6.07, 6.45) is 0. The molecular weight excluding hydrogens is 206 g/mol. The highest BCUT2D eigenvalue weighted by molar-refractivity contribution is 5.77. The molecule has 0 atom stereocenters. The zero-order valence-electron chi connectivity index (χ0n) is 9.43. The van der Waals surface area contributed by atoms with E-state index in [0.717, 1.165) is 16.8 Å². The molecule has 2 N–H and O–H groups in total.